The zero-order valence-electron chi connectivity index (χ0n) is 27.8. The lowest BCUT2D eigenvalue weighted by atomic mass is 9.46. The van der Waals surface area contributed by atoms with Crippen molar-refractivity contribution >= 4 is 0 Å². The van der Waals surface area contributed by atoms with E-state index in [9.17, 15) is 0 Å². The molecule has 0 aliphatic heterocycles. The molecule has 9 unspecified atom stereocenters. The van der Waals surface area contributed by atoms with Crippen molar-refractivity contribution in [2.75, 3.05) is 0 Å². The summed E-state index contributed by atoms with van der Waals surface area (Å²) < 4.78 is 13.6. The van der Waals surface area contributed by atoms with Gasteiger partial charge in [-0.1, -0.05) is 126 Å². The molecular weight excluding hydrogens is 524 g/mol. The summed E-state index contributed by atoms with van der Waals surface area (Å²) in [7, 11) is 0. The zero-order chi connectivity index (χ0) is 30.0. The van der Waals surface area contributed by atoms with Crippen molar-refractivity contribution in [2.45, 2.75) is 124 Å². The van der Waals surface area contributed by atoms with E-state index in [0.717, 1.165) is 36.0 Å². The van der Waals surface area contributed by atoms with Gasteiger partial charge >= 0.3 is 0 Å². The Hall–Kier alpha value is -1.90. The summed E-state index contributed by atoms with van der Waals surface area (Å²) in [5.41, 5.74) is 4.94. The maximum absolute atomic E-state index is 7.02. The van der Waals surface area contributed by atoms with E-state index >= 15 is 0 Å². The molecule has 2 aromatic carbocycles. The van der Waals surface area contributed by atoms with Gasteiger partial charge in [-0.3, -0.25) is 0 Å². The Labute approximate surface area is 263 Å². The third-order valence-corrected chi connectivity index (χ3v) is 12.9. The van der Waals surface area contributed by atoms with Crippen LogP contribution in [0.2, 0.25) is 0 Å². The van der Waals surface area contributed by atoms with E-state index in [2.05, 4.69) is 101 Å². The molecule has 9 atom stereocenters. The van der Waals surface area contributed by atoms with Crippen molar-refractivity contribution in [3.05, 3.63) is 83.4 Å². The average molecular weight is 583 g/mol. The highest BCUT2D eigenvalue weighted by atomic mass is 16.5. The SMILES string of the molecule is CC(C)CCCC(C)C1CCC2C3C(OCc4ccccc4)C=C4CC(OCc5ccccc5)CCC4(C)C3CCC12C. The predicted octanol–water partition coefficient (Wildman–Crippen LogP) is 10.8. The summed E-state index contributed by atoms with van der Waals surface area (Å²) in [6.07, 6.45) is 16.4. The second-order valence-corrected chi connectivity index (χ2v) is 15.9. The van der Waals surface area contributed by atoms with E-state index in [1.807, 2.05) is 0 Å². The molecule has 6 rings (SSSR count). The molecular formula is C41H58O2. The van der Waals surface area contributed by atoms with E-state index in [1.54, 1.807) is 5.57 Å². The fourth-order valence-corrected chi connectivity index (χ4v) is 10.5. The molecule has 2 nitrogen and oxygen atoms in total. The summed E-state index contributed by atoms with van der Waals surface area (Å²) in [6.45, 7) is 14.1. The van der Waals surface area contributed by atoms with Crippen LogP contribution in [0, 0.1) is 46.3 Å². The van der Waals surface area contributed by atoms with Crippen molar-refractivity contribution in [1.29, 1.82) is 0 Å². The quantitative estimate of drug-likeness (QED) is 0.245. The number of benzene rings is 2. The van der Waals surface area contributed by atoms with Gasteiger partial charge in [0, 0.05) is 0 Å². The van der Waals surface area contributed by atoms with Gasteiger partial charge < -0.3 is 9.47 Å². The standard InChI is InChI=1S/C41H58O2/c1-29(2)13-12-14-30(3)35-19-20-36-39-37(22-24-41(35,36)5)40(4)23-21-34(42-27-31-15-8-6-9-16-31)25-33(40)26-38(39)43-28-32-17-10-7-11-18-32/h6-11,15-18,26,29-30,34-39H,12-14,19-25,27-28H2,1-5H3. The first-order chi connectivity index (χ1) is 20.8. The molecule has 2 heteroatoms. The molecule has 3 saturated carbocycles. The minimum atomic E-state index is 0.209. The van der Waals surface area contributed by atoms with Gasteiger partial charge in [0.25, 0.3) is 0 Å². The highest BCUT2D eigenvalue weighted by Gasteiger charge is 2.61. The number of fused-ring (bicyclic) bond motifs is 5. The molecule has 0 bridgehead atoms. The minimum absolute atomic E-state index is 0.209. The zero-order valence-corrected chi connectivity index (χ0v) is 27.8. The summed E-state index contributed by atoms with van der Waals surface area (Å²) in [5, 5.41) is 0. The fourth-order valence-electron chi connectivity index (χ4n) is 10.5. The van der Waals surface area contributed by atoms with E-state index in [4.69, 9.17) is 9.47 Å². The monoisotopic (exact) mass is 582 g/mol. The normalized spacial score (nSPS) is 36.0. The molecule has 0 heterocycles. The minimum Gasteiger partial charge on any atom is -0.373 e. The van der Waals surface area contributed by atoms with Crippen LogP contribution in [0.4, 0.5) is 0 Å². The first kappa shape index (κ1) is 31.1. The van der Waals surface area contributed by atoms with Gasteiger partial charge in [0.1, 0.15) is 0 Å². The first-order valence-corrected chi connectivity index (χ1v) is 17.8. The van der Waals surface area contributed by atoms with E-state index in [0.29, 0.717) is 30.7 Å². The highest BCUT2D eigenvalue weighted by Crippen LogP contribution is 2.67. The van der Waals surface area contributed by atoms with Crippen molar-refractivity contribution in [1.82, 2.24) is 0 Å². The van der Waals surface area contributed by atoms with Gasteiger partial charge in [0.2, 0.25) is 0 Å². The number of hydrogen-bond donors (Lipinski definition) is 0. The molecule has 3 fully saturated rings. The molecule has 0 saturated heterocycles. The second-order valence-electron chi connectivity index (χ2n) is 15.9. The van der Waals surface area contributed by atoms with Gasteiger partial charge in [-0.2, -0.15) is 0 Å². The van der Waals surface area contributed by atoms with Crippen molar-refractivity contribution in [3.8, 4) is 0 Å². The molecule has 0 radical (unpaired) electrons. The Morgan fingerprint density at radius 1 is 0.744 bits per heavy atom. The largest absolute Gasteiger partial charge is 0.373 e. The first-order valence-electron chi connectivity index (χ1n) is 17.8. The topological polar surface area (TPSA) is 18.5 Å². The van der Waals surface area contributed by atoms with Crippen LogP contribution >= 0.6 is 0 Å². The fraction of sp³-hybridized carbons (Fsp3) is 0.659. The molecule has 0 aromatic heterocycles. The Bertz CT molecular complexity index is 1200. The van der Waals surface area contributed by atoms with Gasteiger partial charge in [-0.25, -0.2) is 0 Å². The molecule has 0 spiro atoms. The van der Waals surface area contributed by atoms with Crippen LogP contribution in [0.5, 0.6) is 0 Å². The Morgan fingerprint density at radius 2 is 1.42 bits per heavy atom. The van der Waals surface area contributed by atoms with Gasteiger partial charge in [-0.05, 0) is 102 Å². The molecule has 234 valence electrons. The summed E-state index contributed by atoms with van der Waals surface area (Å²) in [5.74, 6) is 4.63. The number of ether oxygens (including phenoxy) is 2. The van der Waals surface area contributed by atoms with Crippen LogP contribution in [0.1, 0.15) is 110 Å². The average Bonchev–Trinajstić information content (AvgIpc) is 3.37. The number of hydrogen-bond acceptors (Lipinski definition) is 2. The van der Waals surface area contributed by atoms with Crippen LogP contribution in [0.25, 0.3) is 0 Å². The molecule has 2 aromatic rings. The van der Waals surface area contributed by atoms with Crippen molar-refractivity contribution in [3.63, 3.8) is 0 Å². The smallest absolute Gasteiger partial charge is 0.0797 e. The second kappa shape index (κ2) is 13.2. The van der Waals surface area contributed by atoms with E-state index in [-0.39, 0.29) is 11.5 Å². The molecule has 43 heavy (non-hydrogen) atoms. The molecule has 4 aliphatic rings. The Kier molecular flexibility index (Phi) is 9.56. The summed E-state index contributed by atoms with van der Waals surface area (Å²) in [6, 6.07) is 21.5. The maximum atomic E-state index is 7.02. The molecule has 4 aliphatic carbocycles. The van der Waals surface area contributed by atoms with E-state index in [1.165, 1.54) is 68.9 Å². The summed E-state index contributed by atoms with van der Waals surface area (Å²) >= 11 is 0. The Balaban J connectivity index is 1.24. The van der Waals surface area contributed by atoms with E-state index < -0.39 is 0 Å². The highest BCUT2D eigenvalue weighted by molar-refractivity contribution is 5.28. The van der Waals surface area contributed by atoms with Crippen LogP contribution in [-0.4, -0.2) is 12.2 Å². The lowest BCUT2D eigenvalue weighted by molar-refractivity contribution is -0.121. The third kappa shape index (κ3) is 6.44. The maximum Gasteiger partial charge on any atom is 0.0797 e. The van der Waals surface area contributed by atoms with Crippen LogP contribution in [0.15, 0.2) is 72.3 Å². The summed E-state index contributed by atoms with van der Waals surface area (Å²) in [4.78, 5) is 0. The third-order valence-electron chi connectivity index (χ3n) is 12.9. The molecule has 0 N–H and O–H groups in total. The van der Waals surface area contributed by atoms with Crippen LogP contribution < -0.4 is 0 Å². The van der Waals surface area contributed by atoms with Crippen LogP contribution in [-0.2, 0) is 22.7 Å². The van der Waals surface area contributed by atoms with Gasteiger partial charge in [0.05, 0.1) is 25.4 Å². The molecule has 0 amide bonds. The van der Waals surface area contributed by atoms with Gasteiger partial charge in [0.15, 0.2) is 0 Å². The Morgan fingerprint density at radius 3 is 2.09 bits per heavy atom. The number of rotatable bonds is 11. The predicted molar refractivity (Wildman–Crippen MR) is 178 cm³/mol. The lowest BCUT2D eigenvalue weighted by Crippen LogP contribution is -2.55. The van der Waals surface area contributed by atoms with Crippen molar-refractivity contribution < 1.29 is 9.47 Å². The van der Waals surface area contributed by atoms with Crippen LogP contribution in [0.3, 0.4) is 0 Å². The lowest BCUT2D eigenvalue weighted by Gasteiger charge is -2.60. The van der Waals surface area contributed by atoms with Gasteiger partial charge in [-0.15, -0.1) is 0 Å². The van der Waals surface area contributed by atoms with Crippen molar-refractivity contribution in [2.24, 2.45) is 46.3 Å².